The molecule has 21 heavy (non-hydrogen) atoms. The molecule has 1 amide bonds. The summed E-state index contributed by atoms with van der Waals surface area (Å²) >= 11 is 0. The summed E-state index contributed by atoms with van der Waals surface area (Å²) in [6.45, 7) is 6.83. The molecule has 0 aromatic heterocycles. The van der Waals surface area contributed by atoms with Crippen LogP contribution in [-0.2, 0) is 4.74 Å². The minimum atomic E-state index is -0.485. The third-order valence-electron chi connectivity index (χ3n) is 3.19. The molecule has 0 saturated carbocycles. The normalized spacial score (nSPS) is 17.9. The van der Waals surface area contributed by atoms with Gasteiger partial charge in [-0.3, -0.25) is 0 Å². The maximum Gasteiger partial charge on any atom is 0.410 e. The molecule has 0 N–H and O–H groups in total. The van der Waals surface area contributed by atoms with Crippen LogP contribution in [0.5, 0.6) is 0 Å². The largest absolute Gasteiger partial charge is 0.444 e. The molecule has 0 aliphatic carbocycles. The van der Waals surface area contributed by atoms with Crippen LogP contribution in [-0.4, -0.2) is 29.7 Å². The van der Waals surface area contributed by atoms with Crippen molar-refractivity contribution in [2.24, 2.45) is 0 Å². The minimum absolute atomic E-state index is 0.246. The number of hydrogen-bond donors (Lipinski definition) is 0. The van der Waals surface area contributed by atoms with Gasteiger partial charge < -0.3 is 9.64 Å². The Kier molecular flexibility index (Phi) is 4.66. The van der Waals surface area contributed by atoms with E-state index in [4.69, 9.17) is 4.74 Å². The highest BCUT2D eigenvalue weighted by Crippen LogP contribution is 2.21. The van der Waals surface area contributed by atoms with Gasteiger partial charge in [-0.05, 0) is 51.3 Å². The van der Waals surface area contributed by atoms with Gasteiger partial charge in [-0.25, -0.2) is 9.18 Å². The Morgan fingerprint density at radius 1 is 1.38 bits per heavy atom. The van der Waals surface area contributed by atoms with E-state index >= 15 is 0 Å². The topological polar surface area (TPSA) is 29.5 Å². The van der Waals surface area contributed by atoms with E-state index in [2.05, 4.69) is 0 Å². The lowest BCUT2D eigenvalue weighted by atomic mass is 10.0. The molecule has 1 fully saturated rings. The number of ether oxygens (including phenoxy) is 1. The quantitative estimate of drug-likeness (QED) is 0.774. The van der Waals surface area contributed by atoms with Gasteiger partial charge in [0.1, 0.15) is 11.4 Å². The van der Waals surface area contributed by atoms with Crippen molar-refractivity contribution in [3.05, 3.63) is 41.2 Å². The van der Waals surface area contributed by atoms with Crippen LogP contribution in [0.3, 0.4) is 0 Å². The summed E-state index contributed by atoms with van der Waals surface area (Å²) in [5.41, 5.74) is 1.47. The van der Waals surface area contributed by atoms with Crippen molar-refractivity contribution in [3.8, 4) is 0 Å². The molecule has 1 heterocycles. The van der Waals surface area contributed by atoms with Crippen molar-refractivity contribution in [1.29, 1.82) is 0 Å². The standard InChI is InChI=1S/C17H22FNO2/c1-17(2,3)21-16(20)19-9-5-7-14(12-19)10-13-6-4-8-15(18)11-13/h4,6,8,10-11H,5,7,9,12H2,1-3H3. The SMILES string of the molecule is CC(C)(C)OC(=O)N1CCCC(=Cc2cccc(F)c2)C1. The number of piperidine rings is 1. The van der Waals surface area contributed by atoms with Crippen LogP contribution in [0, 0.1) is 5.82 Å². The zero-order valence-corrected chi connectivity index (χ0v) is 12.9. The van der Waals surface area contributed by atoms with Gasteiger partial charge in [0, 0.05) is 13.1 Å². The summed E-state index contributed by atoms with van der Waals surface area (Å²) < 4.78 is 18.6. The molecule has 3 nitrogen and oxygen atoms in total. The number of rotatable bonds is 1. The molecule has 0 atom stereocenters. The second kappa shape index (κ2) is 6.29. The Hall–Kier alpha value is -1.84. The van der Waals surface area contributed by atoms with Crippen molar-refractivity contribution in [1.82, 2.24) is 4.90 Å². The number of carbonyl (C=O) groups excluding carboxylic acids is 1. The van der Waals surface area contributed by atoms with E-state index in [0.29, 0.717) is 13.1 Å². The summed E-state index contributed by atoms with van der Waals surface area (Å²) in [4.78, 5) is 13.8. The fraction of sp³-hybridized carbons (Fsp3) is 0.471. The molecule has 1 aliphatic heterocycles. The van der Waals surface area contributed by atoms with E-state index in [1.54, 1.807) is 11.0 Å². The van der Waals surface area contributed by atoms with E-state index in [1.807, 2.05) is 32.9 Å². The average Bonchev–Trinajstić information content (AvgIpc) is 2.37. The highest BCUT2D eigenvalue weighted by molar-refractivity contribution is 5.69. The smallest absolute Gasteiger partial charge is 0.410 e. The first kappa shape index (κ1) is 15.5. The lowest BCUT2D eigenvalue weighted by Crippen LogP contribution is -2.40. The van der Waals surface area contributed by atoms with E-state index < -0.39 is 5.60 Å². The maximum atomic E-state index is 13.2. The van der Waals surface area contributed by atoms with Crippen LogP contribution in [0.4, 0.5) is 9.18 Å². The molecule has 1 aromatic carbocycles. The van der Waals surface area contributed by atoms with Crippen LogP contribution >= 0.6 is 0 Å². The molecular weight excluding hydrogens is 269 g/mol. The first-order valence-corrected chi connectivity index (χ1v) is 7.26. The fourth-order valence-electron chi connectivity index (χ4n) is 2.33. The van der Waals surface area contributed by atoms with Gasteiger partial charge in [0.25, 0.3) is 0 Å². The van der Waals surface area contributed by atoms with Crippen molar-refractivity contribution >= 4 is 12.2 Å². The van der Waals surface area contributed by atoms with Crippen LogP contribution in [0.2, 0.25) is 0 Å². The predicted octanol–water partition coefficient (Wildman–Crippen LogP) is 4.24. The minimum Gasteiger partial charge on any atom is -0.444 e. The Labute approximate surface area is 125 Å². The highest BCUT2D eigenvalue weighted by atomic mass is 19.1. The van der Waals surface area contributed by atoms with Crippen molar-refractivity contribution in [2.75, 3.05) is 13.1 Å². The molecule has 0 spiro atoms. The maximum absolute atomic E-state index is 13.2. The number of carbonyl (C=O) groups is 1. The van der Waals surface area contributed by atoms with Gasteiger partial charge in [0.15, 0.2) is 0 Å². The number of halogens is 1. The second-order valence-electron chi connectivity index (χ2n) is 6.36. The summed E-state index contributed by atoms with van der Waals surface area (Å²) in [6.07, 6.45) is 3.50. The number of benzene rings is 1. The highest BCUT2D eigenvalue weighted by Gasteiger charge is 2.24. The Morgan fingerprint density at radius 3 is 2.81 bits per heavy atom. The lowest BCUT2D eigenvalue weighted by molar-refractivity contribution is 0.0247. The predicted molar refractivity (Wildman–Crippen MR) is 81.4 cm³/mol. The molecule has 1 aliphatic rings. The average molecular weight is 291 g/mol. The van der Waals surface area contributed by atoms with Crippen LogP contribution in [0.1, 0.15) is 39.2 Å². The first-order valence-electron chi connectivity index (χ1n) is 7.26. The van der Waals surface area contributed by atoms with Crippen molar-refractivity contribution in [2.45, 2.75) is 39.2 Å². The molecule has 1 saturated heterocycles. The van der Waals surface area contributed by atoms with Gasteiger partial charge in [-0.1, -0.05) is 23.8 Å². The second-order valence-corrected chi connectivity index (χ2v) is 6.36. The molecule has 0 unspecified atom stereocenters. The molecule has 1 aromatic rings. The van der Waals surface area contributed by atoms with E-state index in [-0.39, 0.29) is 11.9 Å². The third-order valence-corrected chi connectivity index (χ3v) is 3.19. The zero-order chi connectivity index (χ0) is 15.5. The monoisotopic (exact) mass is 291 g/mol. The summed E-state index contributed by atoms with van der Waals surface area (Å²) in [5, 5.41) is 0. The van der Waals surface area contributed by atoms with E-state index in [9.17, 15) is 9.18 Å². The molecular formula is C17H22FNO2. The Morgan fingerprint density at radius 2 is 2.14 bits per heavy atom. The zero-order valence-electron chi connectivity index (χ0n) is 12.9. The molecule has 2 rings (SSSR count). The third kappa shape index (κ3) is 4.88. The Balaban J connectivity index is 2.05. The van der Waals surface area contributed by atoms with Crippen molar-refractivity contribution < 1.29 is 13.9 Å². The number of amides is 1. The van der Waals surface area contributed by atoms with Gasteiger partial charge in [-0.2, -0.15) is 0 Å². The fourth-order valence-corrected chi connectivity index (χ4v) is 2.33. The summed E-state index contributed by atoms with van der Waals surface area (Å²) in [6, 6.07) is 6.48. The number of hydrogen-bond acceptors (Lipinski definition) is 2. The number of nitrogens with zero attached hydrogens (tertiary/aromatic N) is 1. The van der Waals surface area contributed by atoms with Gasteiger partial charge >= 0.3 is 6.09 Å². The van der Waals surface area contributed by atoms with Crippen LogP contribution in [0.25, 0.3) is 6.08 Å². The van der Waals surface area contributed by atoms with Crippen molar-refractivity contribution in [3.63, 3.8) is 0 Å². The molecule has 4 heteroatoms. The van der Waals surface area contributed by atoms with Gasteiger partial charge in [-0.15, -0.1) is 0 Å². The first-order chi connectivity index (χ1) is 9.83. The summed E-state index contributed by atoms with van der Waals surface area (Å²) in [5.74, 6) is -0.246. The Bertz CT molecular complexity index is 546. The molecule has 114 valence electrons. The molecule has 0 bridgehead atoms. The van der Waals surface area contributed by atoms with E-state index in [0.717, 1.165) is 24.0 Å². The van der Waals surface area contributed by atoms with Gasteiger partial charge in [0.05, 0.1) is 0 Å². The number of likely N-dealkylation sites (tertiary alicyclic amines) is 1. The lowest BCUT2D eigenvalue weighted by Gasteiger charge is -2.31. The van der Waals surface area contributed by atoms with Crippen LogP contribution in [0.15, 0.2) is 29.8 Å². The van der Waals surface area contributed by atoms with E-state index in [1.165, 1.54) is 12.1 Å². The van der Waals surface area contributed by atoms with Gasteiger partial charge in [0.2, 0.25) is 0 Å². The van der Waals surface area contributed by atoms with Crippen LogP contribution < -0.4 is 0 Å². The molecule has 0 radical (unpaired) electrons. The summed E-state index contributed by atoms with van der Waals surface area (Å²) in [7, 11) is 0.